The number of rotatable bonds is 10. The van der Waals surface area contributed by atoms with E-state index in [-0.39, 0.29) is 31.4 Å². The van der Waals surface area contributed by atoms with Crippen LogP contribution in [0.15, 0.2) is 30.3 Å². The van der Waals surface area contributed by atoms with Gasteiger partial charge < -0.3 is 24.2 Å². The number of aliphatic carboxylic acids is 1. The summed E-state index contributed by atoms with van der Waals surface area (Å²) in [7, 11) is 0. The molecule has 9 nitrogen and oxygen atoms in total. The van der Waals surface area contributed by atoms with Gasteiger partial charge >= 0.3 is 11.9 Å². The van der Waals surface area contributed by atoms with E-state index in [4.69, 9.17) is 14.2 Å². The number of hydrogen-bond donors (Lipinski definition) is 2. The molecular weight excluding hydrogens is 428 g/mol. The Labute approximate surface area is 194 Å². The molecule has 0 saturated carbocycles. The van der Waals surface area contributed by atoms with Gasteiger partial charge in [0, 0.05) is 12.5 Å². The van der Waals surface area contributed by atoms with Crippen LogP contribution in [-0.4, -0.2) is 78.6 Å². The van der Waals surface area contributed by atoms with E-state index >= 15 is 0 Å². The molecule has 4 atom stereocenters. The third kappa shape index (κ3) is 6.75. The summed E-state index contributed by atoms with van der Waals surface area (Å²) >= 11 is 0. The van der Waals surface area contributed by atoms with E-state index in [9.17, 15) is 19.5 Å². The normalized spacial score (nSPS) is 23.2. The first kappa shape index (κ1) is 25.1. The molecule has 1 amide bonds. The predicted molar refractivity (Wildman–Crippen MR) is 119 cm³/mol. The first-order valence-corrected chi connectivity index (χ1v) is 11.6. The number of nitrogens with one attached hydrogen (secondary N) is 1. The van der Waals surface area contributed by atoms with Crippen LogP contribution in [-0.2, 0) is 35.0 Å². The standard InChI is InChI=1S/C24H34N2O7/c1-3-31-23(30)19(11-10-17-8-5-4-6-9-17)25-16(2)21(27)26-15-18(14-20(26)22(28)29)24-32-12-7-13-33-24/h4-6,8-9,16,18-20,24-25H,3,7,10-15H2,1-2H3,(H,28,29)/t16-,18-,19?,20-/m0/s1. The molecule has 2 saturated heterocycles. The van der Waals surface area contributed by atoms with Gasteiger partial charge in [0.25, 0.3) is 0 Å². The van der Waals surface area contributed by atoms with Crippen LogP contribution in [0.25, 0.3) is 0 Å². The number of carboxylic acids is 1. The van der Waals surface area contributed by atoms with E-state index in [0.29, 0.717) is 26.1 Å². The van der Waals surface area contributed by atoms with Crippen LogP contribution in [0, 0.1) is 5.92 Å². The summed E-state index contributed by atoms with van der Waals surface area (Å²) in [5, 5.41) is 12.8. The minimum atomic E-state index is -1.06. The van der Waals surface area contributed by atoms with Crippen molar-refractivity contribution in [3.63, 3.8) is 0 Å². The molecule has 0 aliphatic carbocycles. The average Bonchev–Trinajstić information content (AvgIpc) is 3.28. The monoisotopic (exact) mass is 462 g/mol. The molecule has 182 valence electrons. The lowest BCUT2D eigenvalue weighted by Gasteiger charge is -2.29. The van der Waals surface area contributed by atoms with Gasteiger partial charge in [0.1, 0.15) is 12.1 Å². The van der Waals surface area contributed by atoms with Gasteiger partial charge in [-0.05, 0) is 45.1 Å². The first-order valence-electron chi connectivity index (χ1n) is 11.6. The second-order valence-electron chi connectivity index (χ2n) is 8.52. The van der Waals surface area contributed by atoms with Gasteiger partial charge in [-0.25, -0.2) is 4.79 Å². The van der Waals surface area contributed by atoms with Crippen LogP contribution >= 0.6 is 0 Å². The van der Waals surface area contributed by atoms with Crippen LogP contribution < -0.4 is 5.32 Å². The van der Waals surface area contributed by atoms with E-state index in [1.165, 1.54) is 4.90 Å². The maximum absolute atomic E-state index is 13.2. The van der Waals surface area contributed by atoms with E-state index < -0.39 is 36.4 Å². The summed E-state index contributed by atoms with van der Waals surface area (Å²) in [5.74, 6) is -2.05. The van der Waals surface area contributed by atoms with Crippen molar-refractivity contribution in [2.45, 2.75) is 63.9 Å². The van der Waals surface area contributed by atoms with Gasteiger partial charge in [0.15, 0.2) is 6.29 Å². The number of aryl methyl sites for hydroxylation is 1. The SMILES string of the molecule is CCOC(=O)C(CCc1ccccc1)N[C@@H](C)C(=O)N1C[C@@H](C2OCCCO2)C[C@H]1C(=O)O. The number of nitrogens with zero attached hydrogens (tertiary/aromatic N) is 1. The highest BCUT2D eigenvalue weighted by Gasteiger charge is 2.45. The molecule has 0 spiro atoms. The number of likely N-dealkylation sites (tertiary alicyclic amines) is 1. The van der Waals surface area contributed by atoms with Crippen molar-refractivity contribution in [2.24, 2.45) is 5.92 Å². The third-order valence-corrected chi connectivity index (χ3v) is 6.10. The number of hydrogen-bond acceptors (Lipinski definition) is 7. The number of benzene rings is 1. The Balaban J connectivity index is 1.65. The lowest BCUT2D eigenvalue weighted by molar-refractivity contribution is -0.202. The Hall–Kier alpha value is -2.49. The van der Waals surface area contributed by atoms with Crippen molar-refractivity contribution in [3.05, 3.63) is 35.9 Å². The smallest absolute Gasteiger partial charge is 0.326 e. The first-order chi connectivity index (χ1) is 15.9. The van der Waals surface area contributed by atoms with Crippen molar-refractivity contribution in [1.82, 2.24) is 10.2 Å². The average molecular weight is 463 g/mol. The van der Waals surface area contributed by atoms with Crippen molar-refractivity contribution in [1.29, 1.82) is 0 Å². The van der Waals surface area contributed by atoms with Crippen LogP contribution in [0.5, 0.6) is 0 Å². The summed E-state index contributed by atoms with van der Waals surface area (Å²) in [5.41, 5.74) is 1.08. The van der Waals surface area contributed by atoms with Gasteiger partial charge in [-0.15, -0.1) is 0 Å². The van der Waals surface area contributed by atoms with Crippen molar-refractivity contribution < 1.29 is 33.7 Å². The van der Waals surface area contributed by atoms with Crippen LogP contribution in [0.4, 0.5) is 0 Å². The van der Waals surface area contributed by atoms with Gasteiger partial charge in [-0.2, -0.15) is 0 Å². The molecule has 2 fully saturated rings. The van der Waals surface area contributed by atoms with Crippen molar-refractivity contribution in [3.8, 4) is 0 Å². The second-order valence-corrected chi connectivity index (χ2v) is 8.52. The van der Waals surface area contributed by atoms with Gasteiger partial charge in [-0.3, -0.25) is 14.9 Å². The fraction of sp³-hybridized carbons (Fsp3) is 0.625. The zero-order valence-corrected chi connectivity index (χ0v) is 19.3. The highest BCUT2D eigenvalue weighted by molar-refractivity contribution is 5.88. The number of carboxylic acid groups (broad SMARTS) is 1. The Bertz CT molecular complexity index is 797. The molecule has 2 heterocycles. The maximum Gasteiger partial charge on any atom is 0.326 e. The molecule has 1 aromatic carbocycles. The summed E-state index contributed by atoms with van der Waals surface area (Å²) in [6.45, 7) is 4.98. The molecule has 2 aliphatic rings. The van der Waals surface area contributed by atoms with E-state index in [1.807, 2.05) is 30.3 Å². The number of carbonyl (C=O) groups is 3. The quantitative estimate of drug-likeness (QED) is 0.504. The van der Waals surface area contributed by atoms with Crippen LogP contribution in [0.1, 0.15) is 38.7 Å². The minimum absolute atomic E-state index is 0.207. The van der Waals surface area contributed by atoms with E-state index in [2.05, 4.69) is 5.32 Å². The largest absolute Gasteiger partial charge is 0.480 e. The Kier molecular flexibility index (Phi) is 9.22. The van der Waals surface area contributed by atoms with Gasteiger partial charge in [0.05, 0.1) is 25.9 Å². The van der Waals surface area contributed by atoms with Gasteiger partial charge in [0.2, 0.25) is 5.91 Å². The Morgan fingerprint density at radius 1 is 1.21 bits per heavy atom. The van der Waals surface area contributed by atoms with Crippen LogP contribution in [0.3, 0.4) is 0 Å². The minimum Gasteiger partial charge on any atom is -0.480 e. The van der Waals surface area contributed by atoms with Crippen LogP contribution in [0.2, 0.25) is 0 Å². The maximum atomic E-state index is 13.2. The topological polar surface area (TPSA) is 114 Å². The van der Waals surface area contributed by atoms with Crippen molar-refractivity contribution >= 4 is 17.8 Å². The van der Waals surface area contributed by atoms with E-state index in [0.717, 1.165) is 12.0 Å². The molecule has 1 unspecified atom stereocenters. The molecular formula is C24H34N2O7. The summed E-state index contributed by atoms with van der Waals surface area (Å²) in [6, 6.07) is 7.36. The molecule has 3 rings (SSSR count). The zero-order valence-electron chi connectivity index (χ0n) is 19.3. The predicted octanol–water partition coefficient (Wildman–Crippen LogP) is 1.59. The summed E-state index contributed by atoms with van der Waals surface area (Å²) in [6.07, 6.45) is 1.66. The summed E-state index contributed by atoms with van der Waals surface area (Å²) in [4.78, 5) is 39.0. The Morgan fingerprint density at radius 2 is 1.91 bits per heavy atom. The van der Waals surface area contributed by atoms with Gasteiger partial charge in [-0.1, -0.05) is 30.3 Å². The molecule has 9 heteroatoms. The highest BCUT2D eigenvalue weighted by atomic mass is 16.7. The number of ether oxygens (including phenoxy) is 3. The third-order valence-electron chi connectivity index (χ3n) is 6.10. The lowest BCUT2D eigenvalue weighted by Crippen LogP contribution is -2.53. The lowest BCUT2D eigenvalue weighted by atomic mass is 10.0. The molecule has 1 aromatic rings. The fourth-order valence-electron chi connectivity index (χ4n) is 4.41. The zero-order chi connectivity index (χ0) is 23.8. The molecule has 2 aliphatic heterocycles. The molecule has 0 radical (unpaired) electrons. The molecule has 2 N–H and O–H groups in total. The molecule has 0 bridgehead atoms. The Morgan fingerprint density at radius 3 is 2.55 bits per heavy atom. The number of carbonyl (C=O) groups excluding carboxylic acids is 2. The molecule has 0 aromatic heterocycles. The highest BCUT2D eigenvalue weighted by Crippen LogP contribution is 2.30. The summed E-state index contributed by atoms with van der Waals surface area (Å²) < 4.78 is 16.5. The number of esters is 1. The van der Waals surface area contributed by atoms with Crippen molar-refractivity contribution in [2.75, 3.05) is 26.4 Å². The molecule has 33 heavy (non-hydrogen) atoms. The van der Waals surface area contributed by atoms with E-state index in [1.54, 1.807) is 13.8 Å². The fourth-order valence-corrected chi connectivity index (χ4v) is 4.41. The number of amides is 1. The second kappa shape index (κ2) is 12.1.